The Morgan fingerprint density at radius 1 is 1.06 bits per heavy atom. The molecule has 0 aliphatic carbocycles. The van der Waals surface area contributed by atoms with Crippen molar-refractivity contribution in [2.24, 2.45) is 5.92 Å². The van der Waals surface area contributed by atoms with Crippen molar-refractivity contribution in [2.45, 2.75) is 27.4 Å². The Labute approximate surface area is 219 Å². The summed E-state index contributed by atoms with van der Waals surface area (Å²) in [6, 6.07) is 19.5. The van der Waals surface area contributed by atoms with Crippen molar-refractivity contribution in [2.75, 3.05) is 18.1 Å². The smallest absolute Gasteiger partial charge is 0.259 e. The van der Waals surface area contributed by atoms with E-state index in [2.05, 4.69) is 36.4 Å². The maximum Gasteiger partial charge on any atom is 0.259 e. The molecule has 0 radical (unpaired) electrons. The second-order valence-corrected chi connectivity index (χ2v) is 10.1. The molecule has 3 aromatic rings. The first-order valence-electron chi connectivity index (χ1n) is 11.3. The van der Waals surface area contributed by atoms with Gasteiger partial charge < -0.3 is 14.4 Å². The first-order chi connectivity index (χ1) is 16.4. The van der Waals surface area contributed by atoms with Gasteiger partial charge in [0.15, 0.2) is 11.5 Å². The van der Waals surface area contributed by atoms with Gasteiger partial charge >= 0.3 is 0 Å². The Kier molecular flexibility index (Phi) is 7.84. The molecule has 0 fully saturated rings. The van der Waals surface area contributed by atoms with Crippen LogP contribution in [0.2, 0.25) is 5.02 Å². The van der Waals surface area contributed by atoms with Crippen molar-refractivity contribution >= 4 is 57.4 Å². The summed E-state index contributed by atoms with van der Waals surface area (Å²) < 4.78 is 13.0. The zero-order valence-corrected chi connectivity index (χ0v) is 22.4. The molecular weight excluding hydrogens is 561 g/mol. The van der Waals surface area contributed by atoms with E-state index >= 15 is 0 Å². The van der Waals surface area contributed by atoms with Crippen molar-refractivity contribution in [1.29, 1.82) is 0 Å². The molecule has 1 heterocycles. The first kappa shape index (κ1) is 24.6. The van der Waals surface area contributed by atoms with Crippen LogP contribution in [-0.4, -0.2) is 19.1 Å². The van der Waals surface area contributed by atoms with Gasteiger partial charge in [0.1, 0.15) is 6.61 Å². The molecule has 1 amide bonds. The Morgan fingerprint density at radius 2 is 1.79 bits per heavy atom. The predicted octanol–water partition coefficient (Wildman–Crippen LogP) is 7.47. The highest BCUT2D eigenvalue weighted by Gasteiger charge is 2.32. The first-order valence-corrected chi connectivity index (χ1v) is 12.8. The van der Waals surface area contributed by atoms with E-state index in [1.807, 2.05) is 78.6 Å². The Bertz CT molecular complexity index is 1240. The van der Waals surface area contributed by atoms with Crippen molar-refractivity contribution in [3.63, 3.8) is 0 Å². The molecular formula is C28H27ClINO3. The number of para-hydroxylation sites is 1. The molecule has 34 heavy (non-hydrogen) atoms. The zero-order chi connectivity index (χ0) is 24.2. The van der Waals surface area contributed by atoms with Crippen molar-refractivity contribution < 1.29 is 14.3 Å². The van der Waals surface area contributed by atoms with Crippen LogP contribution in [0.25, 0.3) is 11.6 Å². The average molecular weight is 588 g/mol. The van der Waals surface area contributed by atoms with E-state index in [4.69, 9.17) is 21.1 Å². The van der Waals surface area contributed by atoms with Crippen LogP contribution in [0.3, 0.4) is 0 Å². The second-order valence-electron chi connectivity index (χ2n) is 8.53. The summed E-state index contributed by atoms with van der Waals surface area (Å²) in [5.74, 6) is 1.72. The largest absolute Gasteiger partial charge is 0.490 e. The number of rotatable bonds is 8. The minimum atomic E-state index is 0.0296. The fraction of sp³-hybridized carbons (Fsp3) is 0.250. The Balaban J connectivity index is 1.68. The molecule has 1 aliphatic heterocycles. The van der Waals surface area contributed by atoms with Gasteiger partial charge in [-0.15, -0.1) is 0 Å². The maximum absolute atomic E-state index is 13.3. The summed E-state index contributed by atoms with van der Waals surface area (Å²) >= 11 is 8.54. The molecule has 4 nitrogen and oxygen atoms in total. The minimum Gasteiger partial charge on any atom is -0.490 e. The molecule has 176 valence electrons. The normalized spacial score (nSPS) is 14.1. The van der Waals surface area contributed by atoms with E-state index in [1.54, 1.807) is 0 Å². The van der Waals surface area contributed by atoms with Gasteiger partial charge in [0.2, 0.25) is 0 Å². The number of carbonyl (C=O) groups is 1. The average Bonchev–Trinajstić information content (AvgIpc) is 3.05. The van der Waals surface area contributed by atoms with Crippen LogP contribution in [0.1, 0.15) is 37.5 Å². The number of halogens is 2. The summed E-state index contributed by atoms with van der Waals surface area (Å²) in [6.07, 6.45) is 1.95. The van der Waals surface area contributed by atoms with Gasteiger partial charge in [-0.2, -0.15) is 0 Å². The quantitative estimate of drug-likeness (QED) is 0.203. The third-order valence-corrected chi connectivity index (χ3v) is 6.65. The summed E-state index contributed by atoms with van der Waals surface area (Å²) in [5.41, 5.74) is 4.42. The number of nitrogens with zero attached hydrogens (tertiary/aromatic N) is 1. The van der Waals surface area contributed by atoms with E-state index in [0.29, 0.717) is 47.8 Å². The van der Waals surface area contributed by atoms with Gasteiger partial charge in [-0.3, -0.25) is 4.79 Å². The number of ether oxygens (including phenoxy) is 2. The molecule has 6 heteroatoms. The predicted molar refractivity (Wildman–Crippen MR) is 148 cm³/mol. The van der Waals surface area contributed by atoms with Crippen molar-refractivity contribution in [3.8, 4) is 11.5 Å². The second kappa shape index (κ2) is 10.8. The number of anilines is 1. The highest BCUT2D eigenvalue weighted by molar-refractivity contribution is 14.1. The van der Waals surface area contributed by atoms with Crippen LogP contribution in [0.15, 0.2) is 60.7 Å². The Morgan fingerprint density at radius 3 is 2.53 bits per heavy atom. The van der Waals surface area contributed by atoms with Gasteiger partial charge in [-0.05, 0) is 71.3 Å². The van der Waals surface area contributed by atoms with Crippen LogP contribution in [0, 0.1) is 9.49 Å². The fourth-order valence-corrected chi connectivity index (χ4v) is 4.97. The number of carbonyl (C=O) groups excluding carboxylic acids is 1. The van der Waals surface area contributed by atoms with Crippen molar-refractivity contribution in [3.05, 3.63) is 85.9 Å². The lowest BCUT2D eigenvalue weighted by Gasteiger charge is -2.19. The molecule has 0 aromatic heterocycles. The van der Waals surface area contributed by atoms with E-state index in [9.17, 15) is 4.79 Å². The lowest BCUT2D eigenvalue weighted by molar-refractivity contribution is -0.113. The molecule has 0 atom stereocenters. The van der Waals surface area contributed by atoms with E-state index in [-0.39, 0.29) is 5.91 Å². The van der Waals surface area contributed by atoms with E-state index < -0.39 is 0 Å². The maximum atomic E-state index is 13.3. The SMILES string of the molecule is CCOc1cc(/C=C2\C(=O)N(CC(C)C)c3ccccc32)cc(I)c1OCc1ccccc1Cl. The molecule has 0 saturated heterocycles. The third kappa shape index (κ3) is 5.26. The van der Waals surface area contributed by atoms with Crippen LogP contribution in [0.4, 0.5) is 5.69 Å². The standard InChI is InChI=1S/C28H27ClINO3/c1-4-33-26-15-19(14-24(30)27(26)34-17-20-9-5-7-11-23(20)29)13-22-21-10-6-8-12-25(21)31(28(22)32)16-18(2)3/h5-15,18H,4,16-17H2,1-3H3/b22-13-. The van der Waals surface area contributed by atoms with E-state index in [1.165, 1.54) is 0 Å². The fourth-order valence-electron chi connectivity index (χ4n) is 4.00. The topological polar surface area (TPSA) is 38.8 Å². The van der Waals surface area contributed by atoms with Gasteiger partial charge in [-0.1, -0.05) is 61.8 Å². The lowest BCUT2D eigenvalue weighted by atomic mass is 10.0. The zero-order valence-electron chi connectivity index (χ0n) is 19.5. The minimum absolute atomic E-state index is 0.0296. The highest BCUT2D eigenvalue weighted by Crippen LogP contribution is 2.40. The molecule has 0 saturated carbocycles. The van der Waals surface area contributed by atoms with Crippen LogP contribution in [0.5, 0.6) is 11.5 Å². The highest BCUT2D eigenvalue weighted by atomic mass is 127. The van der Waals surface area contributed by atoms with Crippen LogP contribution in [-0.2, 0) is 11.4 Å². The number of amides is 1. The van der Waals surface area contributed by atoms with Gasteiger partial charge in [0.05, 0.1) is 15.9 Å². The van der Waals surface area contributed by atoms with Gasteiger partial charge in [0.25, 0.3) is 5.91 Å². The molecule has 0 bridgehead atoms. The number of benzene rings is 3. The number of hydrogen-bond donors (Lipinski definition) is 0. The van der Waals surface area contributed by atoms with Crippen LogP contribution < -0.4 is 14.4 Å². The number of fused-ring (bicyclic) bond motifs is 1. The summed E-state index contributed by atoms with van der Waals surface area (Å²) in [6.45, 7) is 7.71. The van der Waals surface area contributed by atoms with Crippen LogP contribution >= 0.6 is 34.2 Å². The monoisotopic (exact) mass is 587 g/mol. The van der Waals surface area contributed by atoms with Gasteiger partial charge in [-0.25, -0.2) is 0 Å². The Hall–Kier alpha value is -2.51. The molecule has 1 aliphatic rings. The number of hydrogen-bond acceptors (Lipinski definition) is 3. The van der Waals surface area contributed by atoms with Gasteiger partial charge in [0, 0.05) is 28.3 Å². The van der Waals surface area contributed by atoms with Crippen molar-refractivity contribution in [1.82, 2.24) is 0 Å². The summed E-state index contributed by atoms with van der Waals surface area (Å²) in [4.78, 5) is 15.2. The molecule has 4 rings (SSSR count). The third-order valence-electron chi connectivity index (χ3n) is 5.48. The molecule has 0 N–H and O–H groups in total. The molecule has 3 aromatic carbocycles. The summed E-state index contributed by atoms with van der Waals surface area (Å²) in [5, 5.41) is 0.668. The lowest BCUT2D eigenvalue weighted by Crippen LogP contribution is -2.30. The van der Waals surface area contributed by atoms with E-state index in [0.717, 1.165) is 25.9 Å². The molecule has 0 spiro atoms. The molecule has 0 unspecified atom stereocenters. The summed E-state index contributed by atoms with van der Waals surface area (Å²) in [7, 11) is 0.